The minimum absolute atomic E-state index is 0.102. The summed E-state index contributed by atoms with van der Waals surface area (Å²) in [7, 11) is 0. The molecular weight excluding hydrogens is 592 g/mol. The Hall–Kier alpha value is -0.950. The van der Waals surface area contributed by atoms with Gasteiger partial charge >= 0.3 is 0 Å². The van der Waals surface area contributed by atoms with E-state index < -0.39 is 71.6 Å². The van der Waals surface area contributed by atoms with Crippen LogP contribution >= 0.6 is 0 Å². The molecule has 4 fully saturated rings. The van der Waals surface area contributed by atoms with Crippen LogP contribution in [0.25, 0.3) is 0 Å². The van der Waals surface area contributed by atoms with Crippen LogP contribution < -0.4 is 0 Å². The van der Waals surface area contributed by atoms with Crippen molar-refractivity contribution in [1.82, 2.24) is 0 Å². The molecule has 0 unspecified atom stereocenters. The number of ether oxygens (including phenoxy) is 2. The van der Waals surface area contributed by atoms with E-state index >= 15 is 0 Å². The van der Waals surface area contributed by atoms with Crippen LogP contribution in [-0.2, 0) is 14.3 Å². The maximum Gasteiger partial charge on any atom is 0.187 e. The summed E-state index contributed by atoms with van der Waals surface area (Å²) >= 11 is 0. The topological polar surface area (TPSA) is 177 Å². The Bertz CT molecular complexity index is 1190. The van der Waals surface area contributed by atoms with Crippen LogP contribution in [0.5, 0.6) is 0 Å². The Labute approximate surface area is 274 Å². The van der Waals surface area contributed by atoms with Gasteiger partial charge in [0.2, 0.25) is 0 Å². The zero-order chi connectivity index (χ0) is 34.4. The Balaban J connectivity index is 1.37. The van der Waals surface area contributed by atoms with E-state index in [1.807, 2.05) is 6.92 Å². The van der Waals surface area contributed by atoms with E-state index in [2.05, 4.69) is 40.7 Å². The minimum Gasteiger partial charge on any atom is -0.394 e. The van der Waals surface area contributed by atoms with E-state index in [0.29, 0.717) is 12.8 Å². The second-order valence-corrected chi connectivity index (χ2v) is 17.5. The first-order chi connectivity index (χ1) is 21.1. The highest BCUT2D eigenvalue weighted by molar-refractivity contribution is 5.88. The van der Waals surface area contributed by atoms with E-state index in [1.54, 1.807) is 13.8 Å². The molecule has 0 aromatic carbocycles. The summed E-state index contributed by atoms with van der Waals surface area (Å²) in [6.07, 6.45) is -1.61. The predicted molar refractivity (Wildman–Crippen MR) is 170 cm³/mol. The average Bonchev–Trinajstić information content (AvgIpc) is 3.23. The molecule has 1 heterocycles. The number of ketones is 1. The van der Waals surface area contributed by atoms with E-state index in [-0.39, 0.29) is 47.2 Å². The molecule has 3 saturated carbocycles. The monoisotopic (exact) mass is 652 g/mol. The largest absolute Gasteiger partial charge is 0.394 e. The van der Waals surface area contributed by atoms with Crippen LogP contribution in [0.4, 0.5) is 0 Å². The number of carbonyl (C=O) groups is 1. The number of hydrogen-bond donors (Lipinski definition) is 7. The van der Waals surface area contributed by atoms with E-state index in [9.17, 15) is 40.5 Å². The van der Waals surface area contributed by atoms with E-state index in [0.717, 1.165) is 25.7 Å². The van der Waals surface area contributed by atoms with Crippen molar-refractivity contribution < 1.29 is 50.0 Å². The Morgan fingerprint density at radius 3 is 2.22 bits per heavy atom. The maximum absolute atomic E-state index is 14.5. The molecule has 4 aliphatic carbocycles. The lowest BCUT2D eigenvalue weighted by Crippen LogP contribution is -2.64. The molecule has 0 radical (unpaired) electrons. The number of Topliss-reactive ketones (excluding diaryl/α,β-unsaturated/α-hetero) is 1. The minimum atomic E-state index is -1.61. The molecule has 10 nitrogen and oxygen atoms in total. The smallest absolute Gasteiger partial charge is 0.187 e. The highest BCUT2D eigenvalue weighted by atomic mass is 16.7. The molecule has 0 bridgehead atoms. The molecule has 5 rings (SSSR count). The zero-order valence-electron chi connectivity index (χ0n) is 29.1. The number of allylic oxidation sites excluding steroid dienone is 1. The Morgan fingerprint density at radius 2 is 1.61 bits per heavy atom. The number of aliphatic hydroxyl groups excluding tert-OH is 5. The van der Waals surface area contributed by atoms with Crippen LogP contribution in [-0.4, -0.2) is 102 Å². The Morgan fingerprint density at radius 1 is 0.957 bits per heavy atom. The first-order valence-corrected chi connectivity index (χ1v) is 17.4. The quantitative estimate of drug-likeness (QED) is 0.193. The van der Waals surface area contributed by atoms with Gasteiger partial charge in [0, 0.05) is 17.3 Å². The summed E-state index contributed by atoms with van der Waals surface area (Å²) in [6, 6.07) is 0. The normalized spacial score (nSPS) is 47.7. The second kappa shape index (κ2) is 11.8. The van der Waals surface area contributed by atoms with Crippen LogP contribution in [0.1, 0.15) is 107 Å². The molecule has 264 valence electrons. The standard InChI is InChI=1S/C36H60O10/c1-31(2)19-9-11-23-33(5)15-13-22(34(33,6)17-25(39)36(23,8)20(19)10-12-24(31)38)35(7,44)16-14-26(32(3,4)43)46-30-29(42)28(41)27(40)21(18-37)45-30/h9,20-24,26-30,37-38,40-44H,10-18H2,1-8H3/t20-,21-,22+,23+,24+,26-,27-,28+,29-,30+,33+,34-,35+,36+/m1/s1. The molecule has 10 heteroatoms. The molecule has 0 amide bonds. The Kier molecular flexibility index (Phi) is 9.35. The number of hydrogen-bond acceptors (Lipinski definition) is 10. The predicted octanol–water partition coefficient (Wildman–Crippen LogP) is 2.62. The van der Waals surface area contributed by atoms with Crippen molar-refractivity contribution in [2.24, 2.45) is 39.4 Å². The lowest BCUT2D eigenvalue weighted by atomic mass is 9.38. The van der Waals surface area contributed by atoms with Crippen LogP contribution in [0, 0.1) is 39.4 Å². The SMILES string of the molecule is CC(C)(O)[C@@H](CC[C@](C)(O)[C@H]1CC[C@@]2(C)[C@@H]3CC=C4[C@@H](CC[C@H](O)C4(C)C)[C@]3(C)C(=O)C[C@]12C)O[C@@H]1O[C@H](CO)[C@@H](O)[C@H](O)[C@H]1O. The van der Waals surface area contributed by atoms with Crippen molar-refractivity contribution in [3.05, 3.63) is 11.6 Å². The van der Waals surface area contributed by atoms with Gasteiger partial charge in [-0.2, -0.15) is 0 Å². The van der Waals surface area contributed by atoms with Gasteiger partial charge in [-0.15, -0.1) is 0 Å². The molecule has 0 aromatic rings. The molecular formula is C36H60O10. The lowest BCUT2D eigenvalue weighted by molar-refractivity contribution is -0.323. The molecule has 0 aromatic heterocycles. The van der Waals surface area contributed by atoms with Crippen molar-refractivity contribution in [3.8, 4) is 0 Å². The number of carbonyl (C=O) groups excluding carboxylic acids is 1. The van der Waals surface area contributed by atoms with Gasteiger partial charge in [-0.3, -0.25) is 4.79 Å². The fourth-order valence-electron chi connectivity index (χ4n) is 10.9. The van der Waals surface area contributed by atoms with Gasteiger partial charge in [0.25, 0.3) is 0 Å². The molecule has 1 saturated heterocycles. The molecule has 14 atom stereocenters. The van der Waals surface area contributed by atoms with Gasteiger partial charge in [-0.1, -0.05) is 46.3 Å². The van der Waals surface area contributed by atoms with Gasteiger partial charge < -0.3 is 45.2 Å². The maximum atomic E-state index is 14.5. The van der Waals surface area contributed by atoms with Gasteiger partial charge in [-0.25, -0.2) is 0 Å². The summed E-state index contributed by atoms with van der Waals surface area (Å²) in [5.41, 5.74) is -2.96. The molecule has 5 aliphatic rings. The van der Waals surface area contributed by atoms with Gasteiger partial charge in [0.1, 0.15) is 30.2 Å². The lowest BCUT2D eigenvalue weighted by Gasteiger charge is -2.65. The summed E-state index contributed by atoms with van der Waals surface area (Å²) in [4.78, 5) is 14.5. The summed E-state index contributed by atoms with van der Waals surface area (Å²) < 4.78 is 11.6. The third kappa shape index (κ3) is 5.37. The van der Waals surface area contributed by atoms with Gasteiger partial charge in [-0.05, 0) is 94.3 Å². The zero-order valence-corrected chi connectivity index (χ0v) is 29.1. The highest BCUT2D eigenvalue weighted by Gasteiger charge is 2.71. The fourth-order valence-corrected chi connectivity index (χ4v) is 10.9. The third-order valence-electron chi connectivity index (χ3n) is 14.2. The van der Waals surface area contributed by atoms with Crippen molar-refractivity contribution in [2.75, 3.05) is 6.61 Å². The van der Waals surface area contributed by atoms with E-state index in [4.69, 9.17) is 9.47 Å². The molecule has 7 N–H and O–H groups in total. The molecule has 0 spiro atoms. The van der Waals surface area contributed by atoms with Crippen LogP contribution in [0.2, 0.25) is 0 Å². The third-order valence-corrected chi connectivity index (χ3v) is 14.2. The average molecular weight is 653 g/mol. The van der Waals surface area contributed by atoms with Crippen LogP contribution in [0.3, 0.4) is 0 Å². The summed E-state index contributed by atoms with van der Waals surface area (Å²) in [5.74, 6) is 0.280. The van der Waals surface area contributed by atoms with E-state index in [1.165, 1.54) is 5.57 Å². The number of aliphatic hydroxyl groups is 7. The van der Waals surface area contributed by atoms with Gasteiger partial charge in [0.15, 0.2) is 6.29 Å². The summed E-state index contributed by atoms with van der Waals surface area (Å²) in [6.45, 7) is 15.2. The van der Waals surface area contributed by atoms with Crippen molar-refractivity contribution >= 4 is 5.78 Å². The number of fused-ring (bicyclic) bond motifs is 5. The molecule has 1 aliphatic heterocycles. The number of rotatable bonds is 8. The van der Waals surface area contributed by atoms with Gasteiger partial charge in [0.05, 0.1) is 30.0 Å². The second-order valence-electron chi connectivity index (χ2n) is 17.5. The van der Waals surface area contributed by atoms with Crippen molar-refractivity contribution in [3.63, 3.8) is 0 Å². The highest BCUT2D eigenvalue weighted by Crippen LogP contribution is 2.74. The first kappa shape index (κ1) is 36.3. The van der Waals surface area contributed by atoms with Crippen molar-refractivity contribution in [1.29, 1.82) is 0 Å². The first-order valence-electron chi connectivity index (χ1n) is 17.4. The van der Waals surface area contributed by atoms with Crippen molar-refractivity contribution in [2.45, 2.75) is 161 Å². The van der Waals surface area contributed by atoms with Crippen LogP contribution in [0.15, 0.2) is 11.6 Å². The summed E-state index contributed by atoms with van der Waals surface area (Å²) in [5, 5.41) is 74.7. The molecule has 46 heavy (non-hydrogen) atoms. The fraction of sp³-hybridized carbons (Fsp3) is 0.917.